The van der Waals surface area contributed by atoms with Crippen molar-refractivity contribution in [2.24, 2.45) is 4.99 Å². The van der Waals surface area contributed by atoms with Gasteiger partial charge in [0.2, 0.25) is 0 Å². The van der Waals surface area contributed by atoms with E-state index >= 15 is 0 Å². The zero-order chi connectivity index (χ0) is 18.3. The number of fused-ring (bicyclic) bond motifs is 1. The normalized spacial score (nSPS) is 17.4. The summed E-state index contributed by atoms with van der Waals surface area (Å²) in [4.78, 5) is 20.8. The Morgan fingerprint density at radius 3 is 2.88 bits per heavy atom. The molecule has 0 bridgehead atoms. The SMILES string of the molecule is Cc1nc2ccc(/C=C3\SC(=Nc4ccc(F)cc4F)NC3=O)cc2o1. The first-order valence-electron chi connectivity index (χ1n) is 7.60. The van der Waals surface area contributed by atoms with Gasteiger partial charge < -0.3 is 9.73 Å². The van der Waals surface area contributed by atoms with Gasteiger partial charge >= 0.3 is 0 Å². The first-order chi connectivity index (χ1) is 12.5. The van der Waals surface area contributed by atoms with E-state index in [1.807, 2.05) is 6.07 Å². The Hall–Kier alpha value is -3.00. The van der Waals surface area contributed by atoms with Crippen LogP contribution in [0, 0.1) is 18.6 Å². The summed E-state index contributed by atoms with van der Waals surface area (Å²) in [5.41, 5.74) is 2.08. The fraction of sp³-hybridized carbons (Fsp3) is 0.0556. The van der Waals surface area contributed by atoms with Crippen molar-refractivity contribution >= 4 is 45.7 Å². The van der Waals surface area contributed by atoms with Crippen LogP contribution >= 0.6 is 11.8 Å². The molecule has 0 aliphatic carbocycles. The molecular weight excluding hydrogens is 360 g/mol. The molecule has 130 valence electrons. The summed E-state index contributed by atoms with van der Waals surface area (Å²) in [5.74, 6) is -1.26. The summed E-state index contributed by atoms with van der Waals surface area (Å²) in [6, 6.07) is 8.47. The Morgan fingerprint density at radius 1 is 1.23 bits per heavy atom. The number of hydrogen-bond donors (Lipinski definition) is 1. The number of carbonyl (C=O) groups excluding carboxylic acids is 1. The summed E-state index contributed by atoms with van der Waals surface area (Å²) in [5, 5.41) is 2.79. The molecule has 0 atom stereocenters. The summed E-state index contributed by atoms with van der Waals surface area (Å²) in [6.45, 7) is 1.76. The van der Waals surface area contributed by atoms with Crippen molar-refractivity contribution in [3.8, 4) is 0 Å². The van der Waals surface area contributed by atoms with E-state index in [9.17, 15) is 13.6 Å². The zero-order valence-electron chi connectivity index (χ0n) is 13.4. The second kappa shape index (κ2) is 6.38. The fourth-order valence-corrected chi connectivity index (χ4v) is 3.29. The second-order valence-electron chi connectivity index (χ2n) is 5.54. The van der Waals surface area contributed by atoms with E-state index in [2.05, 4.69) is 15.3 Å². The first-order valence-corrected chi connectivity index (χ1v) is 8.41. The second-order valence-corrected chi connectivity index (χ2v) is 6.57. The predicted molar refractivity (Wildman–Crippen MR) is 95.9 cm³/mol. The number of hydrogen-bond acceptors (Lipinski definition) is 5. The molecule has 3 aromatic rings. The molecule has 8 heteroatoms. The Morgan fingerprint density at radius 2 is 2.08 bits per heavy atom. The number of nitrogens with zero attached hydrogens (tertiary/aromatic N) is 2. The van der Waals surface area contributed by atoms with Crippen LogP contribution in [-0.4, -0.2) is 16.1 Å². The number of aromatic nitrogens is 1. The molecule has 2 heterocycles. The highest BCUT2D eigenvalue weighted by atomic mass is 32.2. The molecular formula is C18H11F2N3O2S. The van der Waals surface area contributed by atoms with Gasteiger partial charge in [0.25, 0.3) is 5.91 Å². The highest BCUT2D eigenvalue weighted by molar-refractivity contribution is 8.18. The number of oxazole rings is 1. The van der Waals surface area contributed by atoms with Gasteiger partial charge in [-0.1, -0.05) is 6.07 Å². The highest BCUT2D eigenvalue weighted by Crippen LogP contribution is 2.29. The van der Waals surface area contributed by atoms with Crippen LogP contribution in [0.4, 0.5) is 14.5 Å². The van der Waals surface area contributed by atoms with Gasteiger partial charge in [-0.05, 0) is 47.7 Å². The van der Waals surface area contributed by atoms with Crippen LogP contribution < -0.4 is 5.32 Å². The van der Waals surface area contributed by atoms with Gasteiger partial charge in [-0.2, -0.15) is 0 Å². The average Bonchev–Trinajstić information content (AvgIpc) is 3.11. The fourth-order valence-electron chi connectivity index (χ4n) is 2.46. The van der Waals surface area contributed by atoms with Crippen LogP contribution in [0.1, 0.15) is 11.5 Å². The standard InChI is InChI=1S/C18H11F2N3O2S/c1-9-21-14-4-2-10(6-15(14)25-9)7-16-17(24)23-18(26-16)22-13-5-3-11(19)8-12(13)20/h2-8H,1H3,(H,22,23,24)/b16-7-. The first kappa shape index (κ1) is 16.5. The van der Waals surface area contributed by atoms with Crippen molar-refractivity contribution in [3.63, 3.8) is 0 Å². The van der Waals surface area contributed by atoms with E-state index in [0.717, 1.165) is 35.0 Å². The molecule has 5 nitrogen and oxygen atoms in total. The lowest BCUT2D eigenvalue weighted by Gasteiger charge is -1.98. The molecule has 0 radical (unpaired) electrons. The predicted octanol–water partition coefficient (Wildman–Crippen LogP) is 4.31. The molecule has 4 rings (SSSR count). The lowest BCUT2D eigenvalue weighted by Crippen LogP contribution is -2.19. The number of benzene rings is 2. The van der Waals surface area contributed by atoms with E-state index in [1.54, 1.807) is 25.1 Å². The van der Waals surface area contributed by atoms with Gasteiger partial charge in [-0.15, -0.1) is 0 Å². The van der Waals surface area contributed by atoms with Crippen LogP contribution in [0.5, 0.6) is 0 Å². The monoisotopic (exact) mass is 371 g/mol. The van der Waals surface area contributed by atoms with Crippen molar-refractivity contribution in [2.45, 2.75) is 6.92 Å². The van der Waals surface area contributed by atoms with Crippen LogP contribution in [-0.2, 0) is 4.79 Å². The maximum absolute atomic E-state index is 13.7. The van der Waals surface area contributed by atoms with Crippen LogP contribution in [0.25, 0.3) is 17.2 Å². The van der Waals surface area contributed by atoms with Crippen molar-refractivity contribution in [1.29, 1.82) is 0 Å². The molecule has 1 fully saturated rings. The Bertz CT molecular complexity index is 1110. The third-order valence-electron chi connectivity index (χ3n) is 3.60. The number of aryl methyl sites for hydroxylation is 1. The minimum atomic E-state index is -0.795. The van der Waals surface area contributed by atoms with E-state index < -0.39 is 11.6 Å². The van der Waals surface area contributed by atoms with Crippen LogP contribution in [0.2, 0.25) is 0 Å². The molecule has 0 spiro atoms. The number of aliphatic imine (C=N–C) groups is 1. The van der Waals surface area contributed by atoms with Gasteiger partial charge in [0, 0.05) is 13.0 Å². The number of amidine groups is 1. The van der Waals surface area contributed by atoms with E-state index in [4.69, 9.17) is 4.42 Å². The van der Waals surface area contributed by atoms with E-state index in [0.29, 0.717) is 16.4 Å². The molecule has 1 aromatic heterocycles. The van der Waals surface area contributed by atoms with Gasteiger partial charge in [-0.25, -0.2) is 18.8 Å². The van der Waals surface area contributed by atoms with Gasteiger partial charge in [0.15, 0.2) is 22.5 Å². The lowest BCUT2D eigenvalue weighted by molar-refractivity contribution is -0.115. The molecule has 0 saturated carbocycles. The summed E-state index contributed by atoms with van der Waals surface area (Å²) in [7, 11) is 0. The third-order valence-corrected chi connectivity index (χ3v) is 4.51. The minimum absolute atomic E-state index is 0.0472. The third kappa shape index (κ3) is 3.23. The smallest absolute Gasteiger partial charge is 0.264 e. The topological polar surface area (TPSA) is 67.5 Å². The summed E-state index contributed by atoms with van der Waals surface area (Å²) < 4.78 is 32.1. The number of nitrogens with one attached hydrogen (secondary N) is 1. The van der Waals surface area contributed by atoms with Gasteiger partial charge in [0.05, 0.1) is 4.91 Å². The Labute approximate surface area is 150 Å². The minimum Gasteiger partial charge on any atom is -0.441 e. The highest BCUT2D eigenvalue weighted by Gasteiger charge is 2.24. The molecule has 1 amide bonds. The molecule has 26 heavy (non-hydrogen) atoms. The van der Waals surface area contributed by atoms with Crippen molar-refractivity contribution < 1.29 is 18.0 Å². The molecule has 1 aliphatic rings. The maximum atomic E-state index is 13.7. The Kier molecular flexibility index (Phi) is 4.04. The molecule has 0 unspecified atom stereocenters. The molecule has 1 aliphatic heterocycles. The molecule has 1 saturated heterocycles. The average molecular weight is 371 g/mol. The zero-order valence-corrected chi connectivity index (χ0v) is 14.2. The van der Waals surface area contributed by atoms with Crippen LogP contribution in [0.3, 0.4) is 0 Å². The van der Waals surface area contributed by atoms with Crippen LogP contribution in [0.15, 0.2) is 50.7 Å². The number of halogens is 2. The molecule has 1 N–H and O–H groups in total. The Balaban J connectivity index is 1.62. The molecule has 2 aromatic carbocycles. The van der Waals surface area contributed by atoms with Gasteiger partial charge in [0.1, 0.15) is 17.0 Å². The van der Waals surface area contributed by atoms with E-state index in [1.165, 1.54) is 6.07 Å². The number of thioether (sulfide) groups is 1. The maximum Gasteiger partial charge on any atom is 0.264 e. The summed E-state index contributed by atoms with van der Waals surface area (Å²) >= 11 is 1.08. The van der Waals surface area contributed by atoms with Crippen molar-refractivity contribution in [3.05, 3.63) is 64.4 Å². The van der Waals surface area contributed by atoms with E-state index in [-0.39, 0.29) is 16.8 Å². The quantitative estimate of drug-likeness (QED) is 0.682. The number of amides is 1. The summed E-state index contributed by atoms with van der Waals surface area (Å²) in [6.07, 6.45) is 1.68. The van der Waals surface area contributed by atoms with Crippen molar-refractivity contribution in [1.82, 2.24) is 10.3 Å². The van der Waals surface area contributed by atoms with Crippen molar-refractivity contribution in [2.75, 3.05) is 0 Å². The number of rotatable bonds is 2. The largest absolute Gasteiger partial charge is 0.441 e. The lowest BCUT2D eigenvalue weighted by atomic mass is 10.2. The van der Waals surface area contributed by atoms with Gasteiger partial charge in [-0.3, -0.25) is 4.79 Å². The number of carbonyl (C=O) groups is 1.